The summed E-state index contributed by atoms with van der Waals surface area (Å²) < 4.78 is 9.26. The Morgan fingerprint density at radius 2 is 1.13 bits per heavy atom. The molecule has 0 spiro atoms. The van der Waals surface area contributed by atoms with Crippen LogP contribution >= 0.6 is 0 Å². The number of hydrogen-bond donors (Lipinski definition) is 0. The quantitative estimate of drug-likeness (QED) is 0.121. The molecule has 2 aromatic heterocycles. The predicted molar refractivity (Wildman–Crippen MR) is 318 cm³/mol. The van der Waals surface area contributed by atoms with Crippen molar-refractivity contribution in [3.05, 3.63) is 198 Å². The van der Waals surface area contributed by atoms with E-state index in [1.54, 1.807) is 0 Å². The summed E-state index contributed by atoms with van der Waals surface area (Å²) in [5.41, 5.74) is 18.6. The Morgan fingerprint density at radius 3 is 1.79 bits per heavy atom. The van der Waals surface area contributed by atoms with Crippen molar-refractivity contribution in [1.82, 2.24) is 9.55 Å². The van der Waals surface area contributed by atoms with E-state index < -0.39 is 0 Å². The summed E-state index contributed by atoms with van der Waals surface area (Å²) in [6, 6.07) is 59.2. The molecule has 0 bridgehead atoms. The molecule has 1 aliphatic heterocycles. The van der Waals surface area contributed by atoms with Gasteiger partial charge in [-0.1, -0.05) is 212 Å². The van der Waals surface area contributed by atoms with E-state index in [-0.39, 0.29) is 42.7 Å². The van der Waals surface area contributed by atoms with Gasteiger partial charge >= 0.3 is 0 Å². The third kappa shape index (κ3) is 10.7. The molecule has 0 N–H and O–H groups in total. The zero-order valence-corrected chi connectivity index (χ0v) is 49.5. The van der Waals surface area contributed by atoms with Crippen molar-refractivity contribution in [2.45, 2.75) is 144 Å². The second kappa shape index (κ2) is 20.8. The Bertz CT molecular complexity index is 3560. The molecule has 0 saturated heterocycles. The Balaban J connectivity index is 0.00000706. The monoisotopic (exact) mass is 1180 g/mol. The molecular weight excluding hydrogens is 1110 g/mol. The van der Waals surface area contributed by atoms with E-state index in [4.69, 9.17) is 9.72 Å². The van der Waals surface area contributed by atoms with Crippen molar-refractivity contribution in [3.8, 4) is 39.6 Å². The number of rotatable bonds is 11. The molecule has 6 heteroatoms. The molecule has 0 fully saturated rings. The number of anilines is 4. The first-order chi connectivity index (χ1) is 35.6. The number of aryl methyl sites for hydroxylation is 2. The topological polar surface area (TPSA) is 33.5 Å². The molecule has 1 aliphatic rings. The minimum Gasteiger partial charge on any atom is -0.509 e. The summed E-state index contributed by atoms with van der Waals surface area (Å²) in [4.78, 5) is 9.67. The van der Waals surface area contributed by atoms with E-state index in [0.29, 0.717) is 11.5 Å². The van der Waals surface area contributed by atoms with Gasteiger partial charge in [0.1, 0.15) is 5.82 Å². The maximum atomic E-state index is 6.97. The van der Waals surface area contributed by atoms with Gasteiger partial charge in [0.25, 0.3) is 0 Å². The predicted octanol–water partition coefficient (Wildman–Crippen LogP) is 19.4. The van der Waals surface area contributed by atoms with Gasteiger partial charge in [-0.05, 0) is 103 Å². The molecule has 0 aliphatic carbocycles. The van der Waals surface area contributed by atoms with E-state index in [1.165, 1.54) is 66.4 Å². The van der Waals surface area contributed by atoms with E-state index in [0.717, 1.165) is 65.3 Å². The van der Waals surface area contributed by atoms with Gasteiger partial charge in [0.05, 0.1) is 0 Å². The largest absolute Gasteiger partial charge is 0.509 e. The fourth-order valence-corrected chi connectivity index (χ4v) is 10.7. The van der Waals surface area contributed by atoms with Crippen LogP contribution in [0.3, 0.4) is 0 Å². The summed E-state index contributed by atoms with van der Waals surface area (Å²) in [5.74, 6) is 2.15. The number of aromatic nitrogens is 2. The molecule has 0 saturated carbocycles. The Hall–Kier alpha value is -6.42. The van der Waals surface area contributed by atoms with Crippen molar-refractivity contribution < 1.29 is 25.8 Å². The Kier molecular flexibility index (Phi) is 14.9. The second-order valence-corrected chi connectivity index (χ2v) is 24.9. The van der Waals surface area contributed by atoms with Crippen molar-refractivity contribution in [2.75, 3.05) is 9.80 Å². The number of pyridine rings is 1. The van der Waals surface area contributed by atoms with Gasteiger partial charge in [0.15, 0.2) is 0 Å². The minimum absolute atomic E-state index is 0. The molecule has 10 rings (SSSR count). The smallest absolute Gasteiger partial charge is 0.135 e. The van der Waals surface area contributed by atoms with Crippen LogP contribution in [-0.2, 0) is 55.6 Å². The molecule has 5 nitrogen and oxygen atoms in total. The molecule has 3 heterocycles. The number of para-hydroxylation sites is 3. The summed E-state index contributed by atoms with van der Waals surface area (Å²) in [6.45, 7) is 34.3. The van der Waals surface area contributed by atoms with Crippen molar-refractivity contribution in [2.24, 2.45) is 0 Å². The summed E-state index contributed by atoms with van der Waals surface area (Å²) in [5, 5.41) is 2.44. The Morgan fingerprint density at radius 1 is 0.526 bits per heavy atom. The van der Waals surface area contributed by atoms with Crippen molar-refractivity contribution >= 4 is 44.6 Å². The molecular formula is C70H75N4OPt-3. The maximum Gasteiger partial charge on any atom is 0.135 e. The van der Waals surface area contributed by atoms with E-state index in [1.807, 2.05) is 12.3 Å². The third-order valence-corrected chi connectivity index (χ3v) is 15.0. The van der Waals surface area contributed by atoms with Crippen LogP contribution in [0.25, 0.3) is 49.9 Å². The van der Waals surface area contributed by atoms with Crippen LogP contribution in [0.2, 0.25) is 0 Å². The van der Waals surface area contributed by atoms with Crippen LogP contribution in [0.15, 0.2) is 146 Å². The van der Waals surface area contributed by atoms with Gasteiger partial charge in [-0.3, -0.25) is 0 Å². The van der Waals surface area contributed by atoms with Crippen LogP contribution in [0.4, 0.5) is 22.7 Å². The second-order valence-electron chi connectivity index (χ2n) is 24.9. The molecule has 76 heavy (non-hydrogen) atoms. The maximum absolute atomic E-state index is 6.97. The number of fused-ring (bicyclic) bond motifs is 4. The number of ether oxygens (including phenoxy) is 1. The third-order valence-electron chi connectivity index (χ3n) is 15.0. The van der Waals surface area contributed by atoms with Crippen LogP contribution in [-0.4, -0.2) is 9.55 Å². The summed E-state index contributed by atoms with van der Waals surface area (Å²) >= 11 is 0. The Labute approximate surface area is 468 Å². The zero-order chi connectivity index (χ0) is 53.2. The first-order valence-electron chi connectivity index (χ1n) is 27.2. The zero-order valence-electron chi connectivity index (χ0n) is 47.3. The fraction of sp³-hybridized carbons (Fsp3) is 0.314. The number of hydrogen-bond acceptors (Lipinski definition) is 4. The summed E-state index contributed by atoms with van der Waals surface area (Å²) in [7, 11) is 0. The number of nitrogens with zero attached hydrogens (tertiary/aromatic N) is 4. The number of benzene rings is 7. The van der Waals surface area contributed by atoms with E-state index in [9.17, 15) is 0 Å². The minimum atomic E-state index is -0.0476. The van der Waals surface area contributed by atoms with E-state index >= 15 is 0 Å². The van der Waals surface area contributed by atoms with Gasteiger partial charge < -0.3 is 19.1 Å². The molecule has 7 aromatic carbocycles. The van der Waals surface area contributed by atoms with Gasteiger partial charge in [0.2, 0.25) is 0 Å². The first kappa shape index (κ1) is 54.4. The normalized spacial score (nSPS) is 13.1. The van der Waals surface area contributed by atoms with E-state index in [2.05, 4.69) is 264 Å². The average molecular weight is 1180 g/mol. The first-order valence-corrected chi connectivity index (χ1v) is 27.2. The molecule has 0 atom stereocenters. The molecule has 394 valence electrons. The average Bonchev–Trinajstić information content (AvgIpc) is 3.97. The molecule has 9 aromatic rings. The summed E-state index contributed by atoms with van der Waals surface area (Å²) in [6.07, 6.45) is 5.95. The van der Waals surface area contributed by atoms with Crippen molar-refractivity contribution in [3.63, 3.8) is 0 Å². The van der Waals surface area contributed by atoms with Crippen LogP contribution in [0.5, 0.6) is 11.5 Å². The van der Waals surface area contributed by atoms with Gasteiger partial charge in [-0.15, -0.1) is 48.3 Å². The van der Waals surface area contributed by atoms with Gasteiger partial charge in [0, 0.05) is 72.5 Å². The van der Waals surface area contributed by atoms with Crippen LogP contribution in [0, 0.1) is 18.8 Å². The molecule has 0 unspecified atom stereocenters. The fourth-order valence-electron chi connectivity index (χ4n) is 10.7. The standard InChI is InChI=1S/C70H75N4O.Pt/c1-15-22-46-32-33-60-59(36-46)65-48(23-16-2)40-56(44-63(65)74(60)64-42-51(34-35-71-64)68(6,7)8)75-55-27-20-26-54(43-55)72-45-73(62-31-18-17-30-61(62)72)66-57(47-24-19-25-50(37-47)67(3,4)5)28-21-29-58(66)49-38-52(69(9,10)11)41-53(39-49)70(12,13)14;/h17-21,24-42,45H,15-16,22-23H2,1-14H3;/q-3;. The van der Waals surface area contributed by atoms with Crippen LogP contribution in [0.1, 0.15) is 143 Å². The van der Waals surface area contributed by atoms with Crippen LogP contribution < -0.4 is 14.5 Å². The SMILES string of the molecule is CCCc1ccc2c(c1)c1c(CCC)cc(Oc3[c-]c(N4[CH-]N(c5c(-c6cccc(C(C)(C)C)c6)cccc5-c5cc(C(C)(C)C)cc(C(C)(C)C)c5)c5ccccc54)ccc3)[c-]c1n2-c1cc(C(C)(C)C)ccn1.[Pt]. The van der Waals surface area contributed by atoms with Gasteiger partial charge in [-0.25, -0.2) is 4.98 Å². The molecule has 0 amide bonds. The van der Waals surface area contributed by atoms with Crippen molar-refractivity contribution in [1.29, 1.82) is 0 Å². The van der Waals surface area contributed by atoms with Gasteiger partial charge in [-0.2, -0.15) is 6.07 Å². The molecule has 0 radical (unpaired) electrons.